The molecule has 0 saturated heterocycles. The monoisotopic (exact) mass is 287 g/mol. The van der Waals surface area contributed by atoms with Crippen molar-refractivity contribution in [3.05, 3.63) is 12.2 Å². The van der Waals surface area contributed by atoms with Crippen molar-refractivity contribution in [1.82, 2.24) is 0 Å². The molecule has 118 valence electrons. The minimum atomic E-state index is 0.686. The van der Waals surface area contributed by atoms with Crippen LogP contribution in [0.4, 0.5) is 0 Å². The normalized spacial score (nSPS) is 33.9. The maximum atomic E-state index is 8.59. The largest absolute Gasteiger partial charge is 0.193 e. The van der Waals surface area contributed by atoms with Crippen LogP contribution in [-0.4, -0.2) is 0 Å². The van der Waals surface area contributed by atoms with E-state index in [2.05, 4.69) is 19.1 Å². The molecule has 2 rings (SSSR count). The van der Waals surface area contributed by atoms with Crippen LogP contribution < -0.4 is 0 Å². The van der Waals surface area contributed by atoms with Gasteiger partial charge in [0.15, 0.2) is 0 Å². The van der Waals surface area contributed by atoms with E-state index in [1.807, 2.05) is 0 Å². The summed E-state index contributed by atoms with van der Waals surface area (Å²) in [5.41, 5.74) is 0. The van der Waals surface area contributed by atoms with E-state index < -0.39 is 0 Å². The van der Waals surface area contributed by atoms with Gasteiger partial charge in [-0.1, -0.05) is 64.4 Å². The first kappa shape index (κ1) is 16.6. The van der Waals surface area contributed by atoms with Crippen LogP contribution in [0.1, 0.15) is 84.0 Å². The molecule has 0 bridgehead atoms. The maximum Gasteiger partial charge on any atom is 0.0908 e. The third kappa shape index (κ3) is 5.85. The van der Waals surface area contributed by atoms with Crippen molar-refractivity contribution >= 4 is 0 Å². The minimum absolute atomic E-state index is 0.686. The molecule has 0 heterocycles. The lowest BCUT2D eigenvalue weighted by Gasteiger charge is -2.31. The van der Waals surface area contributed by atoms with E-state index in [0.29, 0.717) is 5.92 Å². The van der Waals surface area contributed by atoms with E-state index in [1.54, 1.807) is 6.08 Å². The Bertz CT molecular complexity index is 335. The van der Waals surface area contributed by atoms with Crippen LogP contribution >= 0.6 is 0 Å². The summed E-state index contributed by atoms with van der Waals surface area (Å²) in [5.74, 6) is 3.75. The molecular formula is C20H33N. The molecule has 0 aromatic heterocycles. The van der Waals surface area contributed by atoms with Crippen molar-refractivity contribution in [2.24, 2.45) is 23.7 Å². The third-order valence-corrected chi connectivity index (χ3v) is 5.98. The summed E-state index contributed by atoms with van der Waals surface area (Å²) in [6, 6.07) is 2.13. The Balaban J connectivity index is 1.58. The van der Waals surface area contributed by atoms with E-state index >= 15 is 0 Å². The standard InChI is InChI=1S/C20H33N/c1-2-4-17-6-10-19(11-7-17)14-15-20-12-8-18(9-13-20)5-3-16-21/h3,5,17-20H,2,4,6-15H2,1H3/t17-,18?,19-,20?. The number of nitriles is 1. The molecule has 2 fully saturated rings. The lowest BCUT2D eigenvalue weighted by Crippen LogP contribution is -2.17. The highest BCUT2D eigenvalue weighted by molar-refractivity contribution is 5.04. The van der Waals surface area contributed by atoms with Gasteiger partial charge in [0.25, 0.3) is 0 Å². The molecule has 21 heavy (non-hydrogen) atoms. The predicted molar refractivity (Wildman–Crippen MR) is 89.8 cm³/mol. The molecule has 0 spiro atoms. The van der Waals surface area contributed by atoms with Crippen molar-refractivity contribution in [3.63, 3.8) is 0 Å². The van der Waals surface area contributed by atoms with Gasteiger partial charge in [0, 0.05) is 6.08 Å². The average molecular weight is 287 g/mol. The summed E-state index contributed by atoms with van der Waals surface area (Å²) in [4.78, 5) is 0. The molecule has 1 nitrogen and oxygen atoms in total. The van der Waals surface area contributed by atoms with Gasteiger partial charge in [-0.15, -0.1) is 0 Å². The van der Waals surface area contributed by atoms with Crippen LogP contribution in [0.15, 0.2) is 12.2 Å². The molecule has 0 aromatic carbocycles. The topological polar surface area (TPSA) is 23.8 Å². The maximum absolute atomic E-state index is 8.59. The minimum Gasteiger partial charge on any atom is -0.193 e. The molecule has 2 aliphatic carbocycles. The zero-order valence-electron chi connectivity index (χ0n) is 13.9. The van der Waals surface area contributed by atoms with Gasteiger partial charge in [0.2, 0.25) is 0 Å². The second kappa shape index (κ2) is 9.29. The van der Waals surface area contributed by atoms with Gasteiger partial charge in [-0.2, -0.15) is 5.26 Å². The van der Waals surface area contributed by atoms with E-state index in [0.717, 1.165) is 17.8 Å². The number of hydrogen-bond donors (Lipinski definition) is 0. The van der Waals surface area contributed by atoms with Crippen LogP contribution in [-0.2, 0) is 0 Å². The van der Waals surface area contributed by atoms with Gasteiger partial charge in [-0.25, -0.2) is 0 Å². The molecule has 0 aromatic rings. The van der Waals surface area contributed by atoms with Gasteiger partial charge in [0.05, 0.1) is 6.07 Å². The fraction of sp³-hybridized carbons (Fsp3) is 0.850. The molecular weight excluding hydrogens is 254 g/mol. The van der Waals surface area contributed by atoms with Crippen molar-refractivity contribution in [2.45, 2.75) is 84.0 Å². The summed E-state index contributed by atoms with van der Waals surface area (Å²) in [7, 11) is 0. The lowest BCUT2D eigenvalue weighted by molar-refractivity contribution is 0.221. The average Bonchev–Trinajstić information content (AvgIpc) is 2.53. The van der Waals surface area contributed by atoms with Gasteiger partial charge in [-0.05, 0) is 49.4 Å². The predicted octanol–water partition coefficient (Wildman–Crippen LogP) is 6.26. The van der Waals surface area contributed by atoms with Crippen LogP contribution in [0.25, 0.3) is 0 Å². The fourth-order valence-corrected chi connectivity index (χ4v) is 4.54. The first-order valence-corrected chi connectivity index (χ1v) is 9.38. The third-order valence-electron chi connectivity index (χ3n) is 5.98. The molecule has 0 aliphatic heterocycles. The number of nitrogens with zero attached hydrogens (tertiary/aromatic N) is 1. The molecule has 0 N–H and O–H groups in total. The molecule has 0 amide bonds. The second-order valence-electron chi connectivity index (χ2n) is 7.52. The van der Waals surface area contributed by atoms with E-state index in [-0.39, 0.29) is 0 Å². The second-order valence-corrected chi connectivity index (χ2v) is 7.52. The van der Waals surface area contributed by atoms with Gasteiger partial charge < -0.3 is 0 Å². The van der Waals surface area contributed by atoms with Gasteiger partial charge in [-0.3, -0.25) is 0 Å². The zero-order valence-corrected chi connectivity index (χ0v) is 13.9. The summed E-state index contributed by atoms with van der Waals surface area (Å²) in [6.07, 6.45) is 21.0. The molecule has 1 heteroatoms. The Morgan fingerprint density at radius 1 is 0.810 bits per heavy atom. The first-order chi connectivity index (χ1) is 10.3. The quantitative estimate of drug-likeness (QED) is 0.529. The van der Waals surface area contributed by atoms with Crippen molar-refractivity contribution in [1.29, 1.82) is 5.26 Å². The summed E-state index contributed by atoms with van der Waals surface area (Å²) in [6.45, 7) is 2.33. The van der Waals surface area contributed by atoms with E-state index in [9.17, 15) is 0 Å². The number of hydrogen-bond acceptors (Lipinski definition) is 1. The molecule has 0 unspecified atom stereocenters. The van der Waals surface area contributed by atoms with Gasteiger partial charge in [0.1, 0.15) is 0 Å². The highest BCUT2D eigenvalue weighted by Crippen LogP contribution is 2.37. The summed E-state index contributed by atoms with van der Waals surface area (Å²) >= 11 is 0. The molecule has 0 atom stereocenters. The van der Waals surface area contributed by atoms with Crippen LogP contribution in [0.3, 0.4) is 0 Å². The Labute approximate surface area is 131 Å². The van der Waals surface area contributed by atoms with E-state index in [4.69, 9.17) is 5.26 Å². The zero-order chi connectivity index (χ0) is 14.9. The summed E-state index contributed by atoms with van der Waals surface area (Å²) < 4.78 is 0. The summed E-state index contributed by atoms with van der Waals surface area (Å²) in [5, 5.41) is 8.59. The van der Waals surface area contributed by atoms with Crippen molar-refractivity contribution in [2.75, 3.05) is 0 Å². The van der Waals surface area contributed by atoms with Crippen molar-refractivity contribution < 1.29 is 0 Å². The van der Waals surface area contributed by atoms with E-state index in [1.165, 1.54) is 77.0 Å². The SMILES string of the molecule is CCC[C@H]1CC[C@H](CCC2CCC(C=CC#N)CC2)CC1. The van der Waals surface area contributed by atoms with Gasteiger partial charge >= 0.3 is 0 Å². The Morgan fingerprint density at radius 2 is 1.29 bits per heavy atom. The van der Waals surface area contributed by atoms with Crippen molar-refractivity contribution in [3.8, 4) is 6.07 Å². The fourth-order valence-electron chi connectivity index (χ4n) is 4.54. The number of allylic oxidation sites excluding steroid dienone is 2. The molecule has 2 aliphatic rings. The smallest absolute Gasteiger partial charge is 0.0908 e. The van der Waals surface area contributed by atoms with Crippen LogP contribution in [0.5, 0.6) is 0 Å². The number of rotatable bonds is 6. The Hall–Kier alpha value is -0.770. The lowest BCUT2D eigenvalue weighted by atomic mass is 9.75. The molecule has 2 saturated carbocycles. The van der Waals surface area contributed by atoms with Crippen LogP contribution in [0.2, 0.25) is 0 Å². The Morgan fingerprint density at radius 3 is 1.76 bits per heavy atom. The molecule has 0 radical (unpaired) electrons. The highest BCUT2D eigenvalue weighted by Gasteiger charge is 2.23. The van der Waals surface area contributed by atoms with Crippen LogP contribution in [0, 0.1) is 35.0 Å². The first-order valence-electron chi connectivity index (χ1n) is 9.38. The Kier molecular flexibility index (Phi) is 7.34. The highest BCUT2D eigenvalue weighted by atomic mass is 14.3.